The Morgan fingerprint density at radius 1 is 1.47 bits per heavy atom. The molecule has 0 aliphatic carbocycles. The highest BCUT2D eigenvalue weighted by Crippen LogP contribution is 2.08. The summed E-state index contributed by atoms with van der Waals surface area (Å²) in [6.07, 6.45) is 3.24. The number of anilines is 2. The molecule has 2 aromatic rings. The molecule has 0 spiro atoms. The molecule has 7 heteroatoms. The Balaban J connectivity index is 2.14. The second kappa shape index (κ2) is 4.62. The average molecular weight is 232 g/mol. The minimum Gasteiger partial charge on any atom is -0.324 e. The van der Waals surface area contributed by atoms with Crippen molar-refractivity contribution in [2.75, 3.05) is 10.7 Å². The summed E-state index contributed by atoms with van der Waals surface area (Å²) in [6, 6.07) is 4.92. The highest BCUT2D eigenvalue weighted by Gasteiger charge is 2.09. The maximum Gasteiger partial charge on any atom is 0.275 e. The first-order valence-corrected chi connectivity index (χ1v) is 4.92. The highest BCUT2D eigenvalue weighted by molar-refractivity contribution is 6.02. The number of nitrogen functional groups attached to an aromatic ring is 1. The maximum atomic E-state index is 11.8. The lowest BCUT2D eigenvalue weighted by atomic mass is 10.3. The van der Waals surface area contributed by atoms with Gasteiger partial charge in [-0.15, -0.1) is 0 Å². The largest absolute Gasteiger partial charge is 0.324 e. The molecule has 7 nitrogen and oxygen atoms in total. The molecule has 17 heavy (non-hydrogen) atoms. The van der Waals surface area contributed by atoms with E-state index in [1.165, 1.54) is 6.20 Å². The van der Waals surface area contributed by atoms with E-state index < -0.39 is 0 Å². The molecule has 0 aromatic carbocycles. The topological polar surface area (TPSA) is 97.9 Å². The van der Waals surface area contributed by atoms with Crippen molar-refractivity contribution in [3.63, 3.8) is 0 Å². The first-order chi connectivity index (χ1) is 8.19. The summed E-state index contributed by atoms with van der Waals surface area (Å²) in [5.74, 6) is 5.39. The van der Waals surface area contributed by atoms with Gasteiger partial charge >= 0.3 is 0 Å². The Hall–Kier alpha value is -2.41. The lowest BCUT2D eigenvalue weighted by molar-refractivity contribution is 0.102. The van der Waals surface area contributed by atoms with E-state index in [4.69, 9.17) is 5.84 Å². The fraction of sp³-hybridized carbons (Fsp3) is 0.100. The maximum absolute atomic E-state index is 11.8. The van der Waals surface area contributed by atoms with Crippen molar-refractivity contribution in [1.29, 1.82) is 0 Å². The van der Waals surface area contributed by atoms with E-state index in [0.717, 1.165) is 0 Å². The number of amides is 1. The van der Waals surface area contributed by atoms with Gasteiger partial charge in [-0.1, -0.05) is 0 Å². The van der Waals surface area contributed by atoms with Gasteiger partial charge in [0.05, 0.1) is 5.69 Å². The van der Waals surface area contributed by atoms with E-state index in [2.05, 4.69) is 20.8 Å². The molecule has 2 rings (SSSR count). The van der Waals surface area contributed by atoms with E-state index in [1.54, 1.807) is 36.1 Å². The third kappa shape index (κ3) is 2.58. The predicted molar refractivity (Wildman–Crippen MR) is 63.2 cm³/mol. The molecule has 0 aliphatic rings. The number of aryl methyl sites for hydroxylation is 1. The van der Waals surface area contributed by atoms with Crippen LogP contribution in [0.4, 0.5) is 11.5 Å². The van der Waals surface area contributed by atoms with Gasteiger partial charge in [0, 0.05) is 25.5 Å². The Labute approximate surface area is 97.6 Å². The van der Waals surface area contributed by atoms with Gasteiger partial charge in [-0.2, -0.15) is 5.10 Å². The molecule has 4 N–H and O–H groups in total. The number of rotatable bonds is 3. The van der Waals surface area contributed by atoms with E-state index in [-0.39, 0.29) is 11.6 Å². The number of hydrogen-bond acceptors (Lipinski definition) is 5. The molecule has 0 bridgehead atoms. The lowest BCUT2D eigenvalue weighted by Crippen LogP contribution is -2.15. The van der Waals surface area contributed by atoms with Gasteiger partial charge in [0.2, 0.25) is 0 Å². The van der Waals surface area contributed by atoms with Gasteiger partial charge in [0.1, 0.15) is 5.69 Å². The molecule has 2 aromatic heterocycles. The zero-order valence-corrected chi connectivity index (χ0v) is 9.21. The molecular formula is C10H12N6O. The lowest BCUT2D eigenvalue weighted by Gasteiger charge is -2.03. The number of aromatic nitrogens is 3. The second-order valence-electron chi connectivity index (χ2n) is 3.40. The van der Waals surface area contributed by atoms with Crippen molar-refractivity contribution in [2.24, 2.45) is 12.9 Å². The Kier molecular flexibility index (Phi) is 3.01. The number of nitrogens with one attached hydrogen (secondary N) is 2. The van der Waals surface area contributed by atoms with Crippen LogP contribution in [0.2, 0.25) is 0 Å². The summed E-state index contributed by atoms with van der Waals surface area (Å²) in [4.78, 5) is 15.7. The van der Waals surface area contributed by atoms with E-state index in [1.807, 2.05) is 0 Å². The van der Waals surface area contributed by atoms with E-state index in [9.17, 15) is 4.79 Å². The molecule has 0 atom stereocenters. The van der Waals surface area contributed by atoms with Crippen molar-refractivity contribution in [3.8, 4) is 0 Å². The molecule has 88 valence electrons. The van der Waals surface area contributed by atoms with Gasteiger partial charge in [-0.3, -0.25) is 20.3 Å². The van der Waals surface area contributed by atoms with Gasteiger partial charge in [-0.25, -0.2) is 0 Å². The molecular weight excluding hydrogens is 220 g/mol. The van der Waals surface area contributed by atoms with Crippen LogP contribution in [-0.2, 0) is 7.05 Å². The Morgan fingerprint density at radius 3 is 2.94 bits per heavy atom. The minimum atomic E-state index is -0.333. The first kappa shape index (κ1) is 11.1. The van der Waals surface area contributed by atoms with E-state index in [0.29, 0.717) is 11.5 Å². The summed E-state index contributed by atoms with van der Waals surface area (Å²) in [6.45, 7) is 0. The molecule has 0 radical (unpaired) electrons. The smallest absolute Gasteiger partial charge is 0.275 e. The van der Waals surface area contributed by atoms with Gasteiger partial charge in [0.15, 0.2) is 5.82 Å². The number of hydrazine groups is 1. The average Bonchev–Trinajstić information content (AvgIpc) is 2.75. The SMILES string of the molecule is Cn1ccc(NC(=O)c2cc(NN)ccn2)n1. The summed E-state index contributed by atoms with van der Waals surface area (Å²) in [5, 5.41) is 6.66. The number of nitrogens with zero attached hydrogens (tertiary/aromatic N) is 3. The van der Waals surface area contributed by atoms with Crippen LogP contribution in [0, 0.1) is 0 Å². The molecule has 2 heterocycles. The molecule has 0 saturated carbocycles. The van der Waals surface area contributed by atoms with Gasteiger partial charge in [-0.05, 0) is 12.1 Å². The number of carbonyl (C=O) groups excluding carboxylic acids is 1. The zero-order chi connectivity index (χ0) is 12.3. The quantitative estimate of drug-likeness (QED) is 0.524. The van der Waals surface area contributed by atoms with Crippen molar-refractivity contribution < 1.29 is 4.79 Å². The van der Waals surface area contributed by atoms with Crippen LogP contribution < -0.4 is 16.6 Å². The highest BCUT2D eigenvalue weighted by atomic mass is 16.1. The summed E-state index contributed by atoms with van der Waals surface area (Å²) in [7, 11) is 1.77. The zero-order valence-electron chi connectivity index (χ0n) is 9.21. The number of nitrogens with two attached hydrogens (primary N) is 1. The Bertz CT molecular complexity index is 535. The molecule has 0 unspecified atom stereocenters. The van der Waals surface area contributed by atoms with Gasteiger partial charge < -0.3 is 10.7 Å². The molecule has 1 amide bonds. The molecule has 0 fully saturated rings. The van der Waals surface area contributed by atoms with Crippen molar-refractivity contribution >= 4 is 17.4 Å². The van der Waals surface area contributed by atoms with Crippen molar-refractivity contribution in [2.45, 2.75) is 0 Å². The van der Waals surface area contributed by atoms with Crippen LogP contribution in [-0.4, -0.2) is 20.7 Å². The van der Waals surface area contributed by atoms with Crippen LogP contribution in [0.1, 0.15) is 10.5 Å². The number of pyridine rings is 1. The van der Waals surface area contributed by atoms with Crippen LogP contribution in [0.5, 0.6) is 0 Å². The summed E-state index contributed by atoms with van der Waals surface area (Å²) in [5.41, 5.74) is 3.34. The normalized spacial score (nSPS) is 10.0. The fourth-order valence-electron chi connectivity index (χ4n) is 1.31. The third-order valence-electron chi connectivity index (χ3n) is 2.11. The summed E-state index contributed by atoms with van der Waals surface area (Å²) < 4.78 is 1.60. The molecule has 0 aliphatic heterocycles. The van der Waals surface area contributed by atoms with Crippen LogP contribution in [0.3, 0.4) is 0 Å². The van der Waals surface area contributed by atoms with E-state index >= 15 is 0 Å². The number of carbonyl (C=O) groups is 1. The van der Waals surface area contributed by atoms with Crippen molar-refractivity contribution in [3.05, 3.63) is 36.3 Å². The third-order valence-corrected chi connectivity index (χ3v) is 2.11. The van der Waals surface area contributed by atoms with Crippen molar-refractivity contribution in [1.82, 2.24) is 14.8 Å². The minimum absolute atomic E-state index is 0.270. The Morgan fingerprint density at radius 2 is 2.29 bits per heavy atom. The van der Waals surface area contributed by atoms with Crippen LogP contribution in [0.25, 0.3) is 0 Å². The van der Waals surface area contributed by atoms with Crippen LogP contribution >= 0.6 is 0 Å². The fourth-order valence-corrected chi connectivity index (χ4v) is 1.31. The van der Waals surface area contributed by atoms with Crippen LogP contribution in [0.15, 0.2) is 30.6 Å². The summed E-state index contributed by atoms with van der Waals surface area (Å²) >= 11 is 0. The standard InChI is InChI=1S/C10H12N6O/c1-16-5-3-9(15-16)13-10(17)8-6-7(14-11)2-4-12-8/h2-6H,11H2,1H3,(H,12,14)(H,13,15,17). The molecule has 0 saturated heterocycles. The van der Waals surface area contributed by atoms with Gasteiger partial charge in [0.25, 0.3) is 5.91 Å². The predicted octanol–water partition coefficient (Wildman–Crippen LogP) is 0.353. The second-order valence-corrected chi connectivity index (χ2v) is 3.40. The monoisotopic (exact) mass is 232 g/mol. The number of hydrogen-bond donors (Lipinski definition) is 3. The first-order valence-electron chi connectivity index (χ1n) is 4.92.